The number of aryl methyl sites for hydroxylation is 2. The van der Waals surface area contributed by atoms with Gasteiger partial charge in [0.1, 0.15) is 16.5 Å². The Labute approximate surface area is 202 Å². The summed E-state index contributed by atoms with van der Waals surface area (Å²) in [5, 5.41) is 1.09. The van der Waals surface area contributed by atoms with Gasteiger partial charge in [0.2, 0.25) is 5.92 Å². The average molecular weight is 494 g/mol. The van der Waals surface area contributed by atoms with Gasteiger partial charge in [-0.15, -0.1) is 0 Å². The van der Waals surface area contributed by atoms with Crippen LogP contribution in [0.1, 0.15) is 37.2 Å². The topological polar surface area (TPSA) is 37.2 Å². The van der Waals surface area contributed by atoms with E-state index in [-0.39, 0.29) is 30.8 Å². The first-order valence-electron chi connectivity index (χ1n) is 11.3. The molecule has 0 bridgehead atoms. The highest BCUT2D eigenvalue weighted by molar-refractivity contribution is 6.30. The van der Waals surface area contributed by atoms with Gasteiger partial charge in [-0.3, -0.25) is 4.90 Å². The molecule has 1 saturated carbocycles. The first-order valence-corrected chi connectivity index (χ1v) is 12.0. The summed E-state index contributed by atoms with van der Waals surface area (Å²) < 4.78 is 29.5. The van der Waals surface area contributed by atoms with Crippen LogP contribution >= 0.6 is 23.2 Å². The summed E-state index contributed by atoms with van der Waals surface area (Å²) in [5.74, 6) is -1.75. The molecule has 1 saturated heterocycles. The summed E-state index contributed by atoms with van der Waals surface area (Å²) in [4.78, 5) is 13.9. The molecule has 33 heavy (non-hydrogen) atoms. The molecule has 2 aromatic heterocycles. The number of imidazole rings is 1. The maximum Gasteiger partial charge on any atom is 0.248 e. The van der Waals surface area contributed by atoms with Gasteiger partial charge in [-0.05, 0) is 37.5 Å². The molecule has 3 aromatic rings. The highest BCUT2D eigenvalue weighted by Crippen LogP contribution is 2.50. The van der Waals surface area contributed by atoms with E-state index in [4.69, 9.17) is 28.2 Å². The summed E-state index contributed by atoms with van der Waals surface area (Å²) in [6.45, 7) is 6.37. The number of hydrogen-bond donors (Lipinski definition) is 0. The molecule has 2 atom stereocenters. The predicted molar refractivity (Wildman–Crippen MR) is 129 cm³/mol. The lowest BCUT2D eigenvalue weighted by molar-refractivity contribution is -0.133. The van der Waals surface area contributed by atoms with Crippen molar-refractivity contribution in [3.05, 3.63) is 51.9 Å². The van der Waals surface area contributed by atoms with Crippen LogP contribution in [0.4, 0.5) is 14.5 Å². The van der Waals surface area contributed by atoms with Crippen molar-refractivity contribution in [1.82, 2.24) is 19.4 Å². The molecular weight excluding hydrogens is 467 g/mol. The van der Waals surface area contributed by atoms with Gasteiger partial charge in [0.15, 0.2) is 5.65 Å². The van der Waals surface area contributed by atoms with Crippen LogP contribution in [0.15, 0.2) is 30.3 Å². The molecule has 0 spiro atoms. The largest absolute Gasteiger partial charge is 0.364 e. The van der Waals surface area contributed by atoms with E-state index < -0.39 is 5.92 Å². The van der Waals surface area contributed by atoms with Gasteiger partial charge in [-0.25, -0.2) is 18.7 Å². The lowest BCUT2D eigenvalue weighted by Gasteiger charge is -2.49. The number of aromatic nitrogens is 3. The van der Waals surface area contributed by atoms with E-state index in [0.29, 0.717) is 10.2 Å². The number of anilines is 1. The van der Waals surface area contributed by atoms with Crippen LogP contribution in [0, 0.1) is 12.8 Å². The number of nitrogens with zero attached hydrogens (tertiary/aromatic N) is 5. The Bertz CT molecular complexity index is 1170. The molecule has 1 aromatic carbocycles. The van der Waals surface area contributed by atoms with Gasteiger partial charge >= 0.3 is 0 Å². The number of piperazine rings is 1. The van der Waals surface area contributed by atoms with Crippen LogP contribution in [0.5, 0.6) is 0 Å². The second-order valence-corrected chi connectivity index (χ2v) is 10.2. The maximum atomic E-state index is 13.8. The summed E-state index contributed by atoms with van der Waals surface area (Å²) in [5.41, 5.74) is 3.63. The highest BCUT2D eigenvalue weighted by Gasteiger charge is 2.50. The molecule has 0 N–H and O–H groups in total. The number of benzene rings is 1. The van der Waals surface area contributed by atoms with Crippen LogP contribution in [0.3, 0.4) is 0 Å². The Morgan fingerprint density at radius 1 is 1.09 bits per heavy atom. The molecule has 5 nitrogen and oxygen atoms in total. The Morgan fingerprint density at radius 2 is 1.79 bits per heavy atom. The van der Waals surface area contributed by atoms with Crippen molar-refractivity contribution < 1.29 is 8.78 Å². The number of hydrogen-bond acceptors (Lipinski definition) is 4. The summed E-state index contributed by atoms with van der Waals surface area (Å²) >= 11 is 12.5. The Morgan fingerprint density at radius 3 is 2.42 bits per heavy atom. The fourth-order valence-electron chi connectivity index (χ4n) is 5.40. The fourth-order valence-corrected chi connectivity index (χ4v) is 5.71. The zero-order valence-electron chi connectivity index (χ0n) is 18.9. The lowest BCUT2D eigenvalue weighted by atomic mass is 9.73. The lowest BCUT2D eigenvalue weighted by Crippen LogP contribution is -2.55. The SMILES string of the molecule is Cc1nc2c(N3CCN(C(c4ccc(Cl)cc4)C4CC(F)(F)C4)CC3C)cc(Cl)nc2n1C. The Kier molecular flexibility index (Phi) is 5.78. The van der Waals surface area contributed by atoms with Gasteiger partial charge < -0.3 is 9.47 Å². The van der Waals surface area contributed by atoms with E-state index in [0.717, 1.165) is 47.9 Å². The van der Waals surface area contributed by atoms with Crippen LogP contribution < -0.4 is 4.90 Å². The van der Waals surface area contributed by atoms with Crippen LogP contribution in [-0.4, -0.2) is 51.0 Å². The Balaban J connectivity index is 1.43. The van der Waals surface area contributed by atoms with Gasteiger partial charge in [-0.1, -0.05) is 35.3 Å². The zero-order chi connectivity index (χ0) is 23.5. The molecule has 5 rings (SSSR count). The van der Waals surface area contributed by atoms with E-state index in [2.05, 4.69) is 21.7 Å². The third-order valence-corrected chi connectivity index (χ3v) is 7.59. The summed E-state index contributed by atoms with van der Waals surface area (Å²) in [6.07, 6.45) is -0.134. The van der Waals surface area contributed by atoms with Gasteiger partial charge in [0.05, 0.1) is 5.69 Å². The van der Waals surface area contributed by atoms with Gasteiger partial charge in [0, 0.05) is 62.7 Å². The normalized spacial score (nSPS) is 22.5. The smallest absolute Gasteiger partial charge is 0.248 e. The van der Waals surface area contributed by atoms with Crippen molar-refractivity contribution >= 4 is 40.1 Å². The van der Waals surface area contributed by atoms with Crippen molar-refractivity contribution in [3.8, 4) is 0 Å². The summed E-state index contributed by atoms with van der Waals surface area (Å²) in [7, 11) is 1.93. The number of alkyl halides is 2. The minimum atomic E-state index is -2.56. The molecule has 2 fully saturated rings. The van der Waals surface area contributed by atoms with E-state index >= 15 is 0 Å². The van der Waals surface area contributed by atoms with E-state index in [1.54, 1.807) is 0 Å². The number of fused-ring (bicyclic) bond motifs is 1. The molecule has 176 valence electrons. The molecular formula is C24H27Cl2F2N5. The first-order chi connectivity index (χ1) is 15.6. The molecule has 3 heterocycles. The van der Waals surface area contributed by atoms with Crippen molar-refractivity contribution in [3.63, 3.8) is 0 Å². The van der Waals surface area contributed by atoms with Crippen molar-refractivity contribution in [2.24, 2.45) is 13.0 Å². The second kappa shape index (κ2) is 8.36. The number of halogens is 4. The second-order valence-electron chi connectivity index (χ2n) is 9.41. The molecule has 1 aliphatic heterocycles. The Hall–Kier alpha value is -1.96. The number of pyridine rings is 1. The van der Waals surface area contributed by atoms with E-state index in [1.807, 2.05) is 48.9 Å². The highest BCUT2D eigenvalue weighted by atomic mass is 35.5. The van der Waals surface area contributed by atoms with Gasteiger partial charge in [0.25, 0.3) is 0 Å². The fraction of sp³-hybridized carbons (Fsp3) is 0.500. The molecule has 9 heteroatoms. The average Bonchev–Trinajstić information content (AvgIpc) is 3.02. The third-order valence-electron chi connectivity index (χ3n) is 7.14. The van der Waals surface area contributed by atoms with E-state index in [1.165, 1.54) is 0 Å². The van der Waals surface area contributed by atoms with Crippen LogP contribution in [-0.2, 0) is 7.05 Å². The molecule has 1 aliphatic carbocycles. The van der Waals surface area contributed by atoms with E-state index in [9.17, 15) is 8.78 Å². The van der Waals surface area contributed by atoms with Crippen LogP contribution in [0.25, 0.3) is 11.2 Å². The van der Waals surface area contributed by atoms with Crippen LogP contribution in [0.2, 0.25) is 10.2 Å². The van der Waals surface area contributed by atoms with Crippen molar-refractivity contribution in [2.75, 3.05) is 24.5 Å². The molecule has 0 radical (unpaired) electrons. The monoisotopic (exact) mass is 493 g/mol. The summed E-state index contributed by atoms with van der Waals surface area (Å²) in [6, 6.07) is 9.62. The van der Waals surface area contributed by atoms with Crippen molar-refractivity contribution in [2.45, 2.75) is 44.7 Å². The standard InChI is InChI=1S/C24H27Cl2F2N5/c1-14-13-32(22(17-11-24(27,28)12-17)16-4-6-18(25)7-5-16)8-9-33(14)19-10-20(26)30-23-21(19)29-15(2)31(23)3/h4-7,10,14,17,22H,8-9,11-13H2,1-3H3. The van der Waals surface area contributed by atoms with Gasteiger partial charge in [-0.2, -0.15) is 0 Å². The first kappa shape index (κ1) is 22.8. The molecule has 2 aliphatic rings. The third kappa shape index (κ3) is 4.19. The predicted octanol–water partition coefficient (Wildman–Crippen LogP) is 5.88. The molecule has 0 amide bonds. The zero-order valence-corrected chi connectivity index (χ0v) is 20.4. The minimum absolute atomic E-state index is 0.0513. The number of rotatable bonds is 4. The van der Waals surface area contributed by atoms with Crippen molar-refractivity contribution in [1.29, 1.82) is 0 Å². The molecule has 2 unspecified atom stereocenters. The minimum Gasteiger partial charge on any atom is -0.364 e. The maximum absolute atomic E-state index is 13.8. The quantitative estimate of drug-likeness (QED) is 0.425.